The number of benzene rings is 2. The van der Waals surface area contributed by atoms with Crippen molar-refractivity contribution < 1.29 is 9.59 Å². The zero-order chi connectivity index (χ0) is 22.1. The second kappa shape index (κ2) is 11.5. The summed E-state index contributed by atoms with van der Waals surface area (Å²) < 4.78 is 0. The van der Waals surface area contributed by atoms with Gasteiger partial charge in [0, 0.05) is 36.9 Å². The third-order valence-corrected chi connectivity index (χ3v) is 6.04. The van der Waals surface area contributed by atoms with E-state index >= 15 is 0 Å². The molecule has 3 rings (SSSR count). The van der Waals surface area contributed by atoms with Gasteiger partial charge in [-0.3, -0.25) is 9.59 Å². The largest absolute Gasteiger partial charge is 0.370 e. The van der Waals surface area contributed by atoms with Gasteiger partial charge in [-0.15, -0.1) is 0 Å². The Balaban J connectivity index is 1.49. The number of anilines is 2. The molecule has 2 aromatic rings. The average molecular weight is 422 g/mol. The molecule has 0 aromatic heterocycles. The standard InChI is InChI=1S/C26H35N3O2/c1-3-17-29(18-16-27-25(30)19-22-11-5-4-8-20(22)2)24-14-12-23(13-15-24)28-26(31)21-9-6-7-10-21/h4-5,8,11-15,21H,3,6-7,9-10,16-19H2,1-2H3,(H,27,30)(H,28,31). The number of nitrogens with one attached hydrogen (secondary N) is 2. The second-order valence-corrected chi connectivity index (χ2v) is 8.46. The minimum absolute atomic E-state index is 0.0516. The number of hydrogen-bond donors (Lipinski definition) is 2. The zero-order valence-corrected chi connectivity index (χ0v) is 18.8. The number of rotatable bonds is 10. The van der Waals surface area contributed by atoms with Gasteiger partial charge in [0.1, 0.15) is 0 Å². The Bertz CT molecular complexity index is 857. The smallest absolute Gasteiger partial charge is 0.227 e. The molecule has 2 aromatic carbocycles. The van der Waals surface area contributed by atoms with Gasteiger partial charge in [-0.25, -0.2) is 0 Å². The molecule has 1 aliphatic rings. The third-order valence-electron chi connectivity index (χ3n) is 6.04. The summed E-state index contributed by atoms with van der Waals surface area (Å²) in [5, 5.41) is 6.10. The quantitative estimate of drug-likeness (QED) is 0.585. The Morgan fingerprint density at radius 3 is 2.39 bits per heavy atom. The Kier molecular flexibility index (Phi) is 8.51. The van der Waals surface area contributed by atoms with Crippen LogP contribution < -0.4 is 15.5 Å². The molecule has 0 bridgehead atoms. The number of aryl methyl sites for hydroxylation is 1. The van der Waals surface area contributed by atoms with Crippen LogP contribution in [0.15, 0.2) is 48.5 Å². The predicted molar refractivity (Wildman–Crippen MR) is 127 cm³/mol. The van der Waals surface area contributed by atoms with E-state index in [9.17, 15) is 9.59 Å². The van der Waals surface area contributed by atoms with E-state index in [0.717, 1.165) is 67.7 Å². The summed E-state index contributed by atoms with van der Waals surface area (Å²) in [6, 6.07) is 16.0. The van der Waals surface area contributed by atoms with Gasteiger partial charge >= 0.3 is 0 Å². The lowest BCUT2D eigenvalue weighted by atomic mass is 10.1. The fraction of sp³-hybridized carbons (Fsp3) is 0.462. The summed E-state index contributed by atoms with van der Waals surface area (Å²) in [5.74, 6) is 0.363. The average Bonchev–Trinajstić information content (AvgIpc) is 3.31. The van der Waals surface area contributed by atoms with Gasteiger partial charge in [0.2, 0.25) is 11.8 Å². The van der Waals surface area contributed by atoms with Crippen LogP contribution in [0.3, 0.4) is 0 Å². The molecule has 5 heteroatoms. The van der Waals surface area contributed by atoms with Crippen LogP contribution >= 0.6 is 0 Å². The van der Waals surface area contributed by atoms with Crippen molar-refractivity contribution in [1.29, 1.82) is 0 Å². The van der Waals surface area contributed by atoms with Gasteiger partial charge in [-0.2, -0.15) is 0 Å². The summed E-state index contributed by atoms with van der Waals surface area (Å²) in [4.78, 5) is 26.9. The van der Waals surface area contributed by atoms with Crippen molar-refractivity contribution in [3.63, 3.8) is 0 Å². The summed E-state index contributed by atoms with van der Waals surface area (Å²) in [6.45, 7) is 6.46. The van der Waals surface area contributed by atoms with Crippen LogP contribution in [0.25, 0.3) is 0 Å². The highest BCUT2D eigenvalue weighted by Crippen LogP contribution is 2.26. The highest BCUT2D eigenvalue weighted by Gasteiger charge is 2.22. The van der Waals surface area contributed by atoms with Gasteiger partial charge in [-0.1, -0.05) is 44.0 Å². The molecule has 0 atom stereocenters. The molecule has 1 fully saturated rings. The van der Waals surface area contributed by atoms with Crippen LogP contribution in [-0.2, 0) is 16.0 Å². The van der Waals surface area contributed by atoms with Crippen LogP contribution in [0.5, 0.6) is 0 Å². The van der Waals surface area contributed by atoms with Crippen molar-refractivity contribution in [1.82, 2.24) is 5.32 Å². The van der Waals surface area contributed by atoms with E-state index in [1.807, 2.05) is 43.3 Å². The number of amides is 2. The van der Waals surface area contributed by atoms with Crippen LogP contribution in [0.2, 0.25) is 0 Å². The highest BCUT2D eigenvalue weighted by molar-refractivity contribution is 5.92. The molecule has 0 heterocycles. The van der Waals surface area contributed by atoms with Gasteiger partial charge < -0.3 is 15.5 Å². The third kappa shape index (κ3) is 6.84. The first-order chi connectivity index (χ1) is 15.1. The molecule has 1 aliphatic carbocycles. The number of carbonyl (C=O) groups excluding carboxylic acids is 2. The Hall–Kier alpha value is -2.82. The maximum absolute atomic E-state index is 12.3. The van der Waals surface area contributed by atoms with E-state index in [0.29, 0.717) is 13.0 Å². The highest BCUT2D eigenvalue weighted by atomic mass is 16.2. The van der Waals surface area contributed by atoms with E-state index in [1.165, 1.54) is 0 Å². The van der Waals surface area contributed by atoms with Crippen molar-refractivity contribution >= 4 is 23.2 Å². The first kappa shape index (κ1) is 22.9. The first-order valence-electron chi connectivity index (χ1n) is 11.5. The monoisotopic (exact) mass is 421 g/mol. The van der Waals surface area contributed by atoms with E-state index in [1.54, 1.807) is 0 Å². The van der Waals surface area contributed by atoms with Crippen LogP contribution in [0, 0.1) is 12.8 Å². The van der Waals surface area contributed by atoms with Crippen LogP contribution in [-0.4, -0.2) is 31.4 Å². The molecule has 2 N–H and O–H groups in total. The summed E-state index contributed by atoms with van der Waals surface area (Å²) in [5.41, 5.74) is 4.17. The number of carbonyl (C=O) groups is 2. The molecule has 5 nitrogen and oxygen atoms in total. The topological polar surface area (TPSA) is 61.4 Å². The predicted octanol–water partition coefficient (Wildman–Crippen LogP) is 4.70. The Morgan fingerprint density at radius 1 is 1.00 bits per heavy atom. The fourth-order valence-electron chi connectivity index (χ4n) is 4.20. The van der Waals surface area contributed by atoms with Gasteiger partial charge in [0.25, 0.3) is 0 Å². The van der Waals surface area contributed by atoms with E-state index in [4.69, 9.17) is 0 Å². The maximum atomic E-state index is 12.3. The van der Waals surface area contributed by atoms with Crippen molar-refractivity contribution in [2.45, 2.75) is 52.4 Å². The lowest BCUT2D eigenvalue weighted by Gasteiger charge is -2.25. The van der Waals surface area contributed by atoms with Crippen molar-refractivity contribution in [2.75, 3.05) is 29.9 Å². The van der Waals surface area contributed by atoms with Gasteiger partial charge in [0.15, 0.2) is 0 Å². The minimum atomic E-state index is 0.0516. The summed E-state index contributed by atoms with van der Waals surface area (Å²) in [6.07, 6.45) is 5.76. The fourth-order valence-corrected chi connectivity index (χ4v) is 4.20. The summed E-state index contributed by atoms with van der Waals surface area (Å²) >= 11 is 0. The van der Waals surface area contributed by atoms with E-state index < -0.39 is 0 Å². The second-order valence-electron chi connectivity index (χ2n) is 8.46. The van der Waals surface area contributed by atoms with E-state index in [-0.39, 0.29) is 17.7 Å². The maximum Gasteiger partial charge on any atom is 0.227 e. The molecule has 0 spiro atoms. The lowest BCUT2D eigenvalue weighted by molar-refractivity contribution is -0.120. The van der Waals surface area contributed by atoms with Crippen molar-refractivity contribution in [2.24, 2.45) is 5.92 Å². The molecule has 166 valence electrons. The molecular weight excluding hydrogens is 386 g/mol. The number of nitrogens with zero attached hydrogens (tertiary/aromatic N) is 1. The summed E-state index contributed by atoms with van der Waals surface area (Å²) in [7, 11) is 0. The zero-order valence-electron chi connectivity index (χ0n) is 18.8. The molecule has 1 saturated carbocycles. The molecular formula is C26H35N3O2. The van der Waals surface area contributed by atoms with Gasteiger partial charge in [0.05, 0.1) is 6.42 Å². The SMILES string of the molecule is CCCN(CCNC(=O)Cc1ccccc1C)c1ccc(NC(=O)C2CCCC2)cc1. The van der Waals surface area contributed by atoms with Crippen LogP contribution in [0.1, 0.15) is 50.2 Å². The molecule has 2 amide bonds. The Morgan fingerprint density at radius 2 is 1.71 bits per heavy atom. The lowest BCUT2D eigenvalue weighted by Crippen LogP contribution is -2.36. The molecule has 0 saturated heterocycles. The van der Waals surface area contributed by atoms with Crippen molar-refractivity contribution in [3.05, 3.63) is 59.7 Å². The van der Waals surface area contributed by atoms with Gasteiger partial charge in [-0.05, 0) is 61.6 Å². The van der Waals surface area contributed by atoms with Crippen molar-refractivity contribution in [3.8, 4) is 0 Å². The molecule has 0 aliphatic heterocycles. The molecule has 0 unspecified atom stereocenters. The first-order valence-corrected chi connectivity index (χ1v) is 11.5. The van der Waals surface area contributed by atoms with Crippen LogP contribution in [0.4, 0.5) is 11.4 Å². The molecule has 0 radical (unpaired) electrons. The normalized spacial score (nSPS) is 13.7. The van der Waals surface area contributed by atoms with E-state index in [2.05, 4.69) is 34.6 Å². The Labute approximate surface area is 186 Å². The number of hydrogen-bond acceptors (Lipinski definition) is 3. The molecule has 31 heavy (non-hydrogen) atoms. The minimum Gasteiger partial charge on any atom is -0.370 e.